The fourth-order valence-electron chi connectivity index (χ4n) is 1.08. The monoisotopic (exact) mass is 241 g/mol. The number of hydrogen-bond acceptors (Lipinski definition) is 7. The first kappa shape index (κ1) is 13.1. The quantitative estimate of drug-likeness (QED) is 0.416. The smallest absolute Gasteiger partial charge is 0.278 e. The van der Waals surface area contributed by atoms with E-state index in [0.29, 0.717) is 13.2 Å². The van der Waals surface area contributed by atoms with Crippen molar-refractivity contribution in [3.8, 4) is 5.88 Å². The number of nitrogen functional groups attached to an aromatic ring is 1. The third-order valence-corrected chi connectivity index (χ3v) is 1.93. The van der Waals surface area contributed by atoms with E-state index >= 15 is 0 Å². The molecule has 1 aromatic heterocycles. The molecule has 94 valence electrons. The van der Waals surface area contributed by atoms with Crippen molar-refractivity contribution in [2.45, 2.75) is 0 Å². The topological polar surface area (TPSA) is 107 Å². The molecule has 17 heavy (non-hydrogen) atoms. The summed E-state index contributed by atoms with van der Waals surface area (Å²) in [6.07, 6.45) is 0. The number of pyridine rings is 1. The Bertz CT molecular complexity index is 396. The van der Waals surface area contributed by atoms with Gasteiger partial charge in [0.2, 0.25) is 5.88 Å². The van der Waals surface area contributed by atoms with Crippen LogP contribution in [0.5, 0.6) is 5.88 Å². The Kier molecular flexibility index (Phi) is 4.61. The molecule has 0 spiro atoms. The van der Waals surface area contributed by atoms with Gasteiger partial charge in [0.1, 0.15) is 6.61 Å². The van der Waals surface area contributed by atoms with Crippen LogP contribution in [0.3, 0.4) is 0 Å². The van der Waals surface area contributed by atoms with E-state index in [1.165, 1.54) is 12.1 Å². The van der Waals surface area contributed by atoms with Gasteiger partial charge in [0, 0.05) is 6.54 Å². The summed E-state index contributed by atoms with van der Waals surface area (Å²) in [5.41, 5.74) is 2.14. The van der Waals surface area contributed by atoms with E-state index in [4.69, 9.17) is 10.6 Å². The second-order valence-corrected chi connectivity index (χ2v) is 3.60. The highest BCUT2D eigenvalue weighted by Gasteiger charge is 2.11. The van der Waals surface area contributed by atoms with Gasteiger partial charge in [-0.05, 0) is 14.1 Å². The Morgan fingerprint density at radius 2 is 2.29 bits per heavy atom. The van der Waals surface area contributed by atoms with E-state index in [0.717, 1.165) is 0 Å². The van der Waals surface area contributed by atoms with Crippen LogP contribution in [-0.4, -0.2) is 42.1 Å². The number of likely N-dealkylation sites (N-methyl/N-ethyl adjacent to an activating group) is 1. The van der Waals surface area contributed by atoms with Crippen molar-refractivity contribution in [1.29, 1.82) is 0 Å². The number of rotatable bonds is 6. The first-order chi connectivity index (χ1) is 8.02. The van der Waals surface area contributed by atoms with Crippen LogP contribution in [0, 0.1) is 10.1 Å². The lowest BCUT2D eigenvalue weighted by Crippen LogP contribution is -2.20. The number of hydrogen-bond donors (Lipinski definition) is 2. The van der Waals surface area contributed by atoms with Crippen LogP contribution in [-0.2, 0) is 0 Å². The summed E-state index contributed by atoms with van der Waals surface area (Å²) in [7, 11) is 3.80. The fraction of sp³-hybridized carbons (Fsp3) is 0.444. The van der Waals surface area contributed by atoms with E-state index in [2.05, 4.69) is 10.4 Å². The average Bonchev–Trinajstić information content (AvgIpc) is 2.28. The highest BCUT2D eigenvalue weighted by Crippen LogP contribution is 2.21. The molecule has 0 aromatic carbocycles. The van der Waals surface area contributed by atoms with Gasteiger partial charge in [-0.2, -0.15) is 4.98 Å². The molecule has 0 saturated carbocycles. The molecule has 0 fully saturated rings. The zero-order valence-electron chi connectivity index (χ0n) is 9.71. The Balaban J connectivity index is 2.76. The highest BCUT2D eigenvalue weighted by atomic mass is 16.6. The van der Waals surface area contributed by atoms with Crippen LogP contribution >= 0.6 is 0 Å². The molecule has 1 heterocycles. The second kappa shape index (κ2) is 5.97. The number of anilines is 1. The van der Waals surface area contributed by atoms with E-state index in [1.807, 2.05) is 19.0 Å². The minimum absolute atomic E-state index is 0.118. The van der Waals surface area contributed by atoms with Gasteiger partial charge >= 0.3 is 0 Å². The van der Waals surface area contributed by atoms with Crippen LogP contribution in [0.15, 0.2) is 12.1 Å². The second-order valence-electron chi connectivity index (χ2n) is 3.60. The molecule has 0 aliphatic carbocycles. The lowest BCUT2D eigenvalue weighted by Gasteiger charge is -2.10. The molecule has 0 saturated heterocycles. The third-order valence-electron chi connectivity index (χ3n) is 1.93. The molecule has 0 aliphatic heterocycles. The molecule has 0 unspecified atom stereocenters. The van der Waals surface area contributed by atoms with Gasteiger partial charge in [-0.3, -0.25) is 10.1 Å². The van der Waals surface area contributed by atoms with E-state index in [1.54, 1.807) is 0 Å². The van der Waals surface area contributed by atoms with Crippen molar-refractivity contribution in [1.82, 2.24) is 9.88 Å². The Morgan fingerprint density at radius 3 is 2.82 bits per heavy atom. The minimum Gasteiger partial charge on any atom is -0.476 e. The van der Waals surface area contributed by atoms with Gasteiger partial charge in [0.05, 0.1) is 17.1 Å². The standard InChI is InChI=1S/C9H15N5O3/c1-13(2)3-4-17-9-6-7(14(15)16)5-8(11-9)12-10/h5-6H,3-4,10H2,1-2H3,(H,11,12). The van der Waals surface area contributed by atoms with Crippen molar-refractivity contribution >= 4 is 11.5 Å². The van der Waals surface area contributed by atoms with Crippen molar-refractivity contribution < 1.29 is 9.66 Å². The number of nitrogens with zero attached hydrogens (tertiary/aromatic N) is 3. The van der Waals surface area contributed by atoms with E-state index < -0.39 is 4.92 Å². The predicted octanol–water partition coefficient (Wildman–Crippen LogP) is 0.216. The van der Waals surface area contributed by atoms with E-state index in [-0.39, 0.29) is 17.4 Å². The number of hydrazine groups is 1. The molecule has 0 amide bonds. The molecule has 1 rings (SSSR count). The largest absolute Gasteiger partial charge is 0.476 e. The molecule has 3 N–H and O–H groups in total. The zero-order valence-corrected chi connectivity index (χ0v) is 9.71. The zero-order chi connectivity index (χ0) is 12.8. The summed E-state index contributed by atoms with van der Waals surface area (Å²) in [5.74, 6) is 5.53. The van der Waals surface area contributed by atoms with Crippen molar-refractivity contribution in [3.05, 3.63) is 22.2 Å². The van der Waals surface area contributed by atoms with Gasteiger partial charge in [-0.25, -0.2) is 5.84 Å². The van der Waals surface area contributed by atoms with Crippen molar-refractivity contribution in [2.24, 2.45) is 5.84 Å². The summed E-state index contributed by atoms with van der Waals surface area (Å²) in [5, 5.41) is 10.6. The van der Waals surface area contributed by atoms with Crippen LogP contribution < -0.4 is 16.0 Å². The molecule has 0 radical (unpaired) electrons. The maximum atomic E-state index is 10.6. The van der Waals surface area contributed by atoms with Gasteiger partial charge < -0.3 is 15.1 Å². The van der Waals surface area contributed by atoms with Gasteiger partial charge in [-0.15, -0.1) is 0 Å². The Morgan fingerprint density at radius 1 is 1.59 bits per heavy atom. The SMILES string of the molecule is CN(C)CCOc1cc([N+](=O)[O-])cc(NN)n1. The average molecular weight is 241 g/mol. The number of nitro groups is 1. The fourth-order valence-corrected chi connectivity index (χ4v) is 1.08. The number of nitrogens with one attached hydrogen (secondary N) is 1. The van der Waals surface area contributed by atoms with Crippen LogP contribution in [0.4, 0.5) is 11.5 Å². The Labute approximate surface area is 98.5 Å². The van der Waals surface area contributed by atoms with Crippen molar-refractivity contribution in [3.63, 3.8) is 0 Å². The first-order valence-electron chi connectivity index (χ1n) is 4.93. The molecule has 1 aromatic rings. The number of nitrogens with two attached hydrogens (primary N) is 1. The Hall–Kier alpha value is -1.93. The molecular weight excluding hydrogens is 226 g/mol. The molecular formula is C9H15N5O3. The van der Waals surface area contributed by atoms with Crippen LogP contribution in [0.25, 0.3) is 0 Å². The summed E-state index contributed by atoms with van der Waals surface area (Å²) < 4.78 is 5.30. The lowest BCUT2D eigenvalue weighted by molar-refractivity contribution is -0.384. The van der Waals surface area contributed by atoms with Gasteiger partial charge in [-0.1, -0.05) is 0 Å². The van der Waals surface area contributed by atoms with Crippen LogP contribution in [0.1, 0.15) is 0 Å². The molecule has 8 nitrogen and oxygen atoms in total. The predicted molar refractivity (Wildman–Crippen MR) is 62.8 cm³/mol. The van der Waals surface area contributed by atoms with Gasteiger partial charge in [0.25, 0.3) is 5.69 Å². The van der Waals surface area contributed by atoms with E-state index in [9.17, 15) is 10.1 Å². The molecule has 8 heteroatoms. The highest BCUT2D eigenvalue weighted by molar-refractivity contribution is 5.47. The summed E-state index contributed by atoms with van der Waals surface area (Å²) >= 11 is 0. The number of aromatic nitrogens is 1. The van der Waals surface area contributed by atoms with Crippen molar-refractivity contribution in [2.75, 3.05) is 32.7 Å². The molecule has 0 atom stereocenters. The molecule has 0 bridgehead atoms. The summed E-state index contributed by atoms with van der Waals surface area (Å²) in [6, 6.07) is 2.50. The summed E-state index contributed by atoms with van der Waals surface area (Å²) in [6.45, 7) is 1.08. The minimum atomic E-state index is -0.526. The lowest BCUT2D eigenvalue weighted by atomic mass is 10.4. The maximum absolute atomic E-state index is 10.6. The first-order valence-corrected chi connectivity index (χ1v) is 4.93. The normalized spacial score (nSPS) is 10.4. The van der Waals surface area contributed by atoms with Crippen LogP contribution in [0.2, 0.25) is 0 Å². The summed E-state index contributed by atoms with van der Waals surface area (Å²) in [4.78, 5) is 16.0. The molecule has 0 aliphatic rings. The van der Waals surface area contributed by atoms with Gasteiger partial charge in [0.15, 0.2) is 5.82 Å². The number of ether oxygens (including phenoxy) is 1. The third kappa shape index (κ3) is 4.21. The maximum Gasteiger partial charge on any atom is 0.278 e.